The van der Waals surface area contributed by atoms with E-state index in [1.165, 1.54) is 0 Å². The summed E-state index contributed by atoms with van der Waals surface area (Å²) in [6.07, 6.45) is 0. The molecule has 4 rings (SSSR count). The second-order valence-corrected chi connectivity index (χ2v) is 6.89. The maximum Gasteiger partial charge on any atom is 0.248 e. The molecule has 0 radical (unpaired) electrons. The SMILES string of the molecule is Cc1ccc(C(=O)c2ccc(-c3nc4ccc(C(N)=O)cc4[nH]3)cc2)cc1C. The van der Waals surface area contributed by atoms with Gasteiger partial charge in [0.2, 0.25) is 5.91 Å². The van der Waals surface area contributed by atoms with Crippen LogP contribution in [0.1, 0.15) is 37.4 Å². The molecule has 4 aromatic rings. The lowest BCUT2D eigenvalue weighted by atomic mass is 9.98. The zero-order valence-corrected chi connectivity index (χ0v) is 15.6. The monoisotopic (exact) mass is 369 g/mol. The van der Waals surface area contributed by atoms with Crippen LogP contribution in [-0.4, -0.2) is 21.7 Å². The van der Waals surface area contributed by atoms with Gasteiger partial charge < -0.3 is 10.7 Å². The molecule has 3 aromatic carbocycles. The van der Waals surface area contributed by atoms with Gasteiger partial charge in [0.25, 0.3) is 0 Å². The molecule has 28 heavy (non-hydrogen) atoms. The molecular formula is C23H19N3O2. The Morgan fingerprint density at radius 3 is 2.18 bits per heavy atom. The summed E-state index contributed by atoms with van der Waals surface area (Å²) < 4.78 is 0. The van der Waals surface area contributed by atoms with Crippen molar-refractivity contribution >= 4 is 22.7 Å². The van der Waals surface area contributed by atoms with E-state index < -0.39 is 5.91 Å². The molecule has 0 fully saturated rings. The van der Waals surface area contributed by atoms with Crippen molar-refractivity contribution in [3.8, 4) is 11.4 Å². The molecule has 0 aliphatic carbocycles. The summed E-state index contributed by atoms with van der Waals surface area (Å²) in [5.41, 5.74) is 11.7. The highest BCUT2D eigenvalue weighted by molar-refractivity contribution is 6.09. The predicted octanol–water partition coefficient (Wildman–Crippen LogP) is 4.18. The number of H-pyrrole nitrogens is 1. The molecule has 138 valence electrons. The third-order valence-electron chi connectivity index (χ3n) is 4.96. The van der Waals surface area contributed by atoms with Gasteiger partial charge in [-0.15, -0.1) is 0 Å². The molecule has 0 saturated heterocycles. The third-order valence-corrected chi connectivity index (χ3v) is 4.96. The Bertz CT molecular complexity index is 1220. The number of carbonyl (C=O) groups is 2. The lowest BCUT2D eigenvalue weighted by Crippen LogP contribution is -2.10. The molecule has 0 saturated carbocycles. The van der Waals surface area contributed by atoms with E-state index in [9.17, 15) is 9.59 Å². The van der Waals surface area contributed by atoms with Gasteiger partial charge >= 0.3 is 0 Å². The van der Waals surface area contributed by atoms with Crippen LogP contribution >= 0.6 is 0 Å². The Morgan fingerprint density at radius 2 is 1.50 bits per heavy atom. The standard InChI is InChI=1S/C23H19N3O2/c1-13-3-4-17(11-14(13)2)21(27)15-5-7-16(8-6-15)23-25-19-10-9-18(22(24)28)12-20(19)26-23/h3-12H,1-2H3,(H2,24,28)(H,25,26). The van der Waals surface area contributed by atoms with Gasteiger partial charge in [-0.2, -0.15) is 0 Å². The lowest BCUT2D eigenvalue weighted by Gasteiger charge is -2.05. The number of amides is 1. The highest BCUT2D eigenvalue weighted by Crippen LogP contribution is 2.23. The number of rotatable bonds is 4. The van der Waals surface area contributed by atoms with Crippen molar-refractivity contribution in [2.45, 2.75) is 13.8 Å². The van der Waals surface area contributed by atoms with E-state index in [2.05, 4.69) is 9.97 Å². The molecule has 1 aromatic heterocycles. The second kappa shape index (κ2) is 6.78. The van der Waals surface area contributed by atoms with Crippen LogP contribution in [0.15, 0.2) is 60.7 Å². The molecule has 0 spiro atoms. The highest BCUT2D eigenvalue weighted by Gasteiger charge is 2.12. The maximum absolute atomic E-state index is 12.7. The number of nitrogens with zero attached hydrogens (tertiary/aromatic N) is 1. The maximum atomic E-state index is 12.7. The van der Waals surface area contributed by atoms with Gasteiger partial charge in [-0.25, -0.2) is 4.98 Å². The Labute approximate surface area is 162 Å². The van der Waals surface area contributed by atoms with E-state index in [0.29, 0.717) is 22.5 Å². The van der Waals surface area contributed by atoms with Gasteiger partial charge in [-0.05, 0) is 49.2 Å². The Hall–Kier alpha value is -3.73. The predicted molar refractivity (Wildman–Crippen MR) is 109 cm³/mol. The van der Waals surface area contributed by atoms with Crippen LogP contribution in [0.5, 0.6) is 0 Å². The summed E-state index contributed by atoms with van der Waals surface area (Å²) in [5.74, 6) is 0.180. The van der Waals surface area contributed by atoms with E-state index in [0.717, 1.165) is 27.7 Å². The molecule has 0 atom stereocenters. The first kappa shape index (κ1) is 17.7. The first-order chi connectivity index (χ1) is 13.4. The van der Waals surface area contributed by atoms with Crippen LogP contribution in [0.4, 0.5) is 0 Å². The molecule has 0 aliphatic rings. The largest absolute Gasteiger partial charge is 0.366 e. The number of primary amides is 1. The number of fused-ring (bicyclic) bond motifs is 1. The van der Waals surface area contributed by atoms with Crippen LogP contribution < -0.4 is 5.73 Å². The number of hydrogen-bond donors (Lipinski definition) is 2. The fraction of sp³-hybridized carbons (Fsp3) is 0.0870. The molecule has 5 heteroatoms. The zero-order chi connectivity index (χ0) is 19.8. The molecule has 1 amide bonds. The lowest BCUT2D eigenvalue weighted by molar-refractivity contribution is 0.0998. The number of aryl methyl sites for hydroxylation is 2. The van der Waals surface area contributed by atoms with Crippen LogP contribution in [0, 0.1) is 13.8 Å². The molecule has 1 heterocycles. The van der Waals surface area contributed by atoms with Gasteiger partial charge in [0.1, 0.15) is 5.82 Å². The smallest absolute Gasteiger partial charge is 0.248 e. The number of imidazole rings is 1. The summed E-state index contributed by atoms with van der Waals surface area (Å²) in [4.78, 5) is 31.8. The van der Waals surface area contributed by atoms with Crippen LogP contribution in [0.2, 0.25) is 0 Å². The molecular weight excluding hydrogens is 350 g/mol. The summed E-state index contributed by atoms with van der Waals surface area (Å²) in [6.45, 7) is 4.03. The first-order valence-corrected chi connectivity index (χ1v) is 8.94. The number of carbonyl (C=O) groups excluding carboxylic acids is 2. The Morgan fingerprint density at radius 1 is 0.821 bits per heavy atom. The average Bonchev–Trinajstić information content (AvgIpc) is 3.13. The molecule has 0 unspecified atom stereocenters. The number of hydrogen-bond acceptors (Lipinski definition) is 3. The van der Waals surface area contributed by atoms with Gasteiger partial charge in [0.05, 0.1) is 11.0 Å². The van der Waals surface area contributed by atoms with Crippen molar-refractivity contribution in [3.63, 3.8) is 0 Å². The number of aromatic nitrogens is 2. The third kappa shape index (κ3) is 3.18. The van der Waals surface area contributed by atoms with Crippen molar-refractivity contribution in [3.05, 3.63) is 88.5 Å². The highest BCUT2D eigenvalue weighted by atomic mass is 16.1. The molecule has 5 nitrogen and oxygen atoms in total. The number of nitrogens with one attached hydrogen (secondary N) is 1. The van der Waals surface area contributed by atoms with Crippen molar-refractivity contribution in [2.24, 2.45) is 5.73 Å². The number of benzene rings is 3. The summed E-state index contributed by atoms with van der Waals surface area (Å²) in [5, 5.41) is 0. The zero-order valence-electron chi connectivity index (χ0n) is 15.6. The molecule has 0 aliphatic heterocycles. The van der Waals surface area contributed by atoms with E-state index >= 15 is 0 Å². The first-order valence-electron chi connectivity index (χ1n) is 8.94. The van der Waals surface area contributed by atoms with Gasteiger partial charge in [0.15, 0.2) is 5.78 Å². The van der Waals surface area contributed by atoms with Crippen LogP contribution in [0.3, 0.4) is 0 Å². The van der Waals surface area contributed by atoms with Gasteiger partial charge in [-0.1, -0.05) is 36.4 Å². The van der Waals surface area contributed by atoms with E-state index in [1.54, 1.807) is 30.3 Å². The summed E-state index contributed by atoms with van der Waals surface area (Å²) in [7, 11) is 0. The fourth-order valence-corrected chi connectivity index (χ4v) is 3.13. The Balaban J connectivity index is 1.64. The number of aromatic amines is 1. The van der Waals surface area contributed by atoms with Gasteiger partial charge in [-0.3, -0.25) is 9.59 Å². The topological polar surface area (TPSA) is 88.8 Å². The number of nitrogens with two attached hydrogens (primary N) is 1. The number of ketones is 1. The van der Waals surface area contributed by atoms with Crippen molar-refractivity contribution in [1.29, 1.82) is 0 Å². The summed E-state index contributed by atoms with van der Waals surface area (Å²) in [6, 6.07) is 18.2. The average molecular weight is 369 g/mol. The summed E-state index contributed by atoms with van der Waals surface area (Å²) >= 11 is 0. The normalized spacial score (nSPS) is 10.9. The van der Waals surface area contributed by atoms with E-state index in [-0.39, 0.29) is 5.78 Å². The van der Waals surface area contributed by atoms with Crippen molar-refractivity contribution in [1.82, 2.24) is 9.97 Å². The minimum Gasteiger partial charge on any atom is -0.366 e. The van der Waals surface area contributed by atoms with Crippen LogP contribution in [-0.2, 0) is 0 Å². The van der Waals surface area contributed by atoms with Crippen LogP contribution in [0.25, 0.3) is 22.4 Å². The second-order valence-electron chi connectivity index (χ2n) is 6.89. The van der Waals surface area contributed by atoms with E-state index in [1.807, 2.05) is 44.2 Å². The Kier molecular flexibility index (Phi) is 4.28. The fourth-order valence-electron chi connectivity index (χ4n) is 3.13. The minimum absolute atomic E-state index is 0.00893. The quantitative estimate of drug-likeness (QED) is 0.529. The van der Waals surface area contributed by atoms with E-state index in [4.69, 9.17) is 5.73 Å². The minimum atomic E-state index is -0.479. The van der Waals surface area contributed by atoms with Crippen molar-refractivity contribution < 1.29 is 9.59 Å². The molecule has 0 bridgehead atoms. The molecule has 3 N–H and O–H groups in total. The van der Waals surface area contributed by atoms with Crippen molar-refractivity contribution in [2.75, 3.05) is 0 Å². The van der Waals surface area contributed by atoms with Gasteiger partial charge in [0, 0.05) is 22.3 Å².